The van der Waals surface area contributed by atoms with Crippen molar-refractivity contribution in [3.05, 3.63) is 70.5 Å². The highest BCUT2D eigenvalue weighted by Crippen LogP contribution is 2.39. The van der Waals surface area contributed by atoms with Crippen molar-refractivity contribution in [1.29, 1.82) is 0 Å². The van der Waals surface area contributed by atoms with Crippen molar-refractivity contribution in [1.82, 2.24) is 14.6 Å². The van der Waals surface area contributed by atoms with Crippen LogP contribution in [0.15, 0.2) is 48.7 Å². The van der Waals surface area contributed by atoms with Crippen molar-refractivity contribution in [2.45, 2.75) is 52.2 Å². The Kier molecular flexibility index (Phi) is 6.22. The first kappa shape index (κ1) is 24.3. The number of ether oxygens (including phenoxy) is 2. The van der Waals surface area contributed by atoms with Crippen LogP contribution in [-0.2, 0) is 16.0 Å². The quantitative estimate of drug-likeness (QED) is 0.343. The molecule has 8 heteroatoms. The fraction of sp³-hybridized carbons (Fsp3) is 0.321. The van der Waals surface area contributed by atoms with Crippen molar-refractivity contribution >= 4 is 23.2 Å². The van der Waals surface area contributed by atoms with Gasteiger partial charge in [-0.25, -0.2) is 14.3 Å². The summed E-state index contributed by atoms with van der Waals surface area (Å²) in [6.45, 7) is 8.00. The zero-order chi connectivity index (χ0) is 25.6. The van der Waals surface area contributed by atoms with E-state index in [1.807, 2.05) is 57.2 Å². The Balaban J connectivity index is 1.74. The number of aryl methyl sites for hydroxylation is 2. The molecule has 1 aliphatic rings. The molecule has 36 heavy (non-hydrogen) atoms. The van der Waals surface area contributed by atoms with Gasteiger partial charge in [0, 0.05) is 28.0 Å². The first-order chi connectivity index (χ1) is 17.1. The van der Waals surface area contributed by atoms with E-state index < -0.39 is 17.7 Å². The molecule has 0 saturated carbocycles. The van der Waals surface area contributed by atoms with Crippen LogP contribution in [-0.4, -0.2) is 37.9 Å². The molecular weight excluding hydrogens is 478 g/mol. The van der Waals surface area contributed by atoms with Gasteiger partial charge in [-0.1, -0.05) is 23.7 Å². The first-order valence-corrected chi connectivity index (χ1v) is 12.3. The highest BCUT2D eigenvalue weighted by molar-refractivity contribution is 6.30. The van der Waals surface area contributed by atoms with E-state index >= 15 is 0 Å². The first-order valence-electron chi connectivity index (χ1n) is 11.9. The van der Waals surface area contributed by atoms with Crippen molar-refractivity contribution in [3.8, 4) is 28.1 Å². The number of hydrogen-bond donors (Lipinski definition) is 1. The molecule has 0 saturated heterocycles. The fourth-order valence-electron chi connectivity index (χ4n) is 4.55. The maximum absolute atomic E-state index is 12.1. The van der Waals surface area contributed by atoms with Crippen molar-refractivity contribution in [3.63, 3.8) is 0 Å². The minimum Gasteiger partial charge on any atom is -0.493 e. The average molecular weight is 506 g/mol. The summed E-state index contributed by atoms with van der Waals surface area (Å²) in [6.07, 6.45) is 2.44. The number of aromatic nitrogens is 3. The van der Waals surface area contributed by atoms with Gasteiger partial charge in [0.25, 0.3) is 0 Å². The van der Waals surface area contributed by atoms with Gasteiger partial charge in [-0.05, 0) is 82.0 Å². The molecule has 0 fully saturated rings. The van der Waals surface area contributed by atoms with E-state index in [0.717, 1.165) is 53.1 Å². The van der Waals surface area contributed by atoms with E-state index in [0.29, 0.717) is 21.9 Å². The Bertz CT molecular complexity index is 1470. The van der Waals surface area contributed by atoms with Gasteiger partial charge in [0.05, 0.1) is 17.8 Å². The average Bonchev–Trinajstić information content (AvgIpc) is 3.19. The summed E-state index contributed by atoms with van der Waals surface area (Å²) in [4.78, 5) is 17.0. The minimum absolute atomic E-state index is 0.454. The maximum atomic E-state index is 12.1. The number of nitrogens with zero attached hydrogens (tertiary/aromatic N) is 3. The second-order valence-corrected chi connectivity index (χ2v) is 10.4. The molecule has 1 atom stereocenters. The molecule has 4 aromatic rings. The van der Waals surface area contributed by atoms with Crippen LogP contribution < -0.4 is 4.74 Å². The molecule has 1 unspecified atom stereocenters. The zero-order valence-electron chi connectivity index (χ0n) is 20.7. The molecule has 186 valence electrons. The second kappa shape index (κ2) is 9.22. The number of hydrogen-bond acceptors (Lipinski definition) is 5. The summed E-state index contributed by atoms with van der Waals surface area (Å²) in [5.41, 5.74) is 5.48. The van der Waals surface area contributed by atoms with Crippen LogP contribution in [0.1, 0.15) is 50.1 Å². The lowest BCUT2D eigenvalue weighted by Gasteiger charge is -2.25. The van der Waals surface area contributed by atoms with Crippen LogP contribution in [0.2, 0.25) is 5.02 Å². The SMILES string of the molecule is Cc1nc2c(-c3cccc(Cl)c3)c(-c3ccc4c(c3)CCCO4)nn2cc1C(OC(C)(C)C)C(=O)O. The Labute approximate surface area is 214 Å². The molecule has 0 amide bonds. The number of halogens is 1. The molecular formula is C28H28ClN3O4. The van der Waals surface area contributed by atoms with E-state index in [2.05, 4.69) is 6.07 Å². The molecule has 7 nitrogen and oxygen atoms in total. The highest BCUT2D eigenvalue weighted by Gasteiger charge is 2.30. The molecule has 1 aliphatic heterocycles. The summed E-state index contributed by atoms with van der Waals surface area (Å²) in [7, 11) is 0. The number of carboxylic acid groups (broad SMARTS) is 1. The predicted molar refractivity (Wildman–Crippen MR) is 139 cm³/mol. The van der Waals surface area contributed by atoms with Crippen LogP contribution in [0.5, 0.6) is 5.75 Å². The molecule has 0 spiro atoms. The summed E-state index contributed by atoms with van der Waals surface area (Å²) < 4.78 is 13.3. The molecule has 5 rings (SSSR count). The standard InChI is InChI=1S/C28H28ClN3O4/c1-16-21(25(27(33)34)36-28(2,3)4)15-32-26(30-16)23(18-7-5-9-20(29)14-18)24(31-32)19-10-11-22-17(13-19)8-6-12-35-22/h5,7,9-11,13-15,25H,6,8,12H2,1-4H3,(H,33,34). The number of carboxylic acids is 1. The lowest BCUT2D eigenvalue weighted by molar-refractivity contribution is -0.160. The van der Waals surface area contributed by atoms with Crippen LogP contribution >= 0.6 is 11.6 Å². The summed E-state index contributed by atoms with van der Waals surface area (Å²) in [5, 5.41) is 15.4. The Morgan fingerprint density at radius 1 is 1.19 bits per heavy atom. The molecule has 2 aromatic heterocycles. The van der Waals surface area contributed by atoms with Gasteiger partial charge < -0.3 is 14.6 Å². The van der Waals surface area contributed by atoms with Gasteiger partial charge in [0.15, 0.2) is 11.8 Å². The molecule has 0 bridgehead atoms. The molecule has 1 N–H and O–H groups in total. The molecule has 2 aromatic carbocycles. The highest BCUT2D eigenvalue weighted by atomic mass is 35.5. The van der Waals surface area contributed by atoms with E-state index in [4.69, 9.17) is 31.2 Å². The van der Waals surface area contributed by atoms with Crippen molar-refractivity contribution in [2.75, 3.05) is 6.61 Å². The van der Waals surface area contributed by atoms with Crippen LogP contribution in [0.3, 0.4) is 0 Å². The lowest BCUT2D eigenvalue weighted by atomic mass is 9.97. The van der Waals surface area contributed by atoms with Gasteiger partial charge in [0.2, 0.25) is 0 Å². The van der Waals surface area contributed by atoms with Crippen LogP contribution in [0.4, 0.5) is 0 Å². The number of fused-ring (bicyclic) bond motifs is 2. The van der Waals surface area contributed by atoms with Gasteiger partial charge >= 0.3 is 5.97 Å². The van der Waals surface area contributed by atoms with Crippen molar-refractivity contribution in [2.24, 2.45) is 0 Å². The Morgan fingerprint density at radius 3 is 2.72 bits per heavy atom. The lowest BCUT2D eigenvalue weighted by Crippen LogP contribution is -2.28. The molecule has 0 radical (unpaired) electrons. The zero-order valence-corrected chi connectivity index (χ0v) is 21.5. The fourth-order valence-corrected chi connectivity index (χ4v) is 4.74. The molecule has 3 heterocycles. The normalized spacial score (nSPS) is 14.4. The third-order valence-electron chi connectivity index (χ3n) is 6.11. The monoisotopic (exact) mass is 505 g/mol. The Morgan fingerprint density at radius 2 is 2.00 bits per heavy atom. The summed E-state index contributed by atoms with van der Waals surface area (Å²) >= 11 is 6.35. The third kappa shape index (κ3) is 4.68. The minimum atomic E-state index is -1.18. The van der Waals surface area contributed by atoms with Gasteiger partial charge in [0.1, 0.15) is 11.4 Å². The second-order valence-electron chi connectivity index (χ2n) is 10.0. The van der Waals surface area contributed by atoms with Gasteiger partial charge in [-0.3, -0.25) is 0 Å². The maximum Gasteiger partial charge on any atom is 0.337 e. The predicted octanol–water partition coefficient (Wildman–Crippen LogP) is 6.29. The van der Waals surface area contributed by atoms with E-state index in [9.17, 15) is 9.90 Å². The number of rotatable bonds is 5. The van der Waals surface area contributed by atoms with Gasteiger partial charge in [-0.15, -0.1) is 0 Å². The van der Waals surface area contributed by atoms with Crippen LogP contribution in [0.25, 0.3) is 28.0 Å². The number of benzene rings is 2. The summed E-state index contributed by atoms with van der Waals surface area (Å²) in [5.74, 6) is -0.177. The molecule has 0 aliphatic carbocycles. The van der Waals surface area contributed by atoms with Crippen molar-refractivity contribution < 1.29 is 19.4 Å². The van der Waals surface area contributed by atoms with E-state index in [-0.39, 0.29) is 0 Å². The number of aliphatic carboxylic acids is 1. The van der Waals surface area contributed by atoms with E-state index in [1.54, 1.807) is 17.6 Å². The Hall–Kier alpha value is -3.42. The van der Waals surface area contributed by atoms with Gasteiger partial charge in [-0.2, -0.15) is 5.10 Å². The smallest absolute Gasteiger partial charge is 0.337 e. The van der Waals surface area contributed by atoms with E-state index in [1.165, 1.54) is 0 Å². The van der Waals surface area contributed by atoms with Crippen LogP contribution in [0, 0.1) is 6.92 Å². The third-order valence-corrected chi connectivity index (χ3v) is 6.35. The number of carbonyl (C=O) groups is 1. The summed E-state index contributed by atoms with van der Waals surface area (Å²) in [6, 6.07) is 13.7. The largest absolute Gasteiger partial charge is 0.493 e. The topological polar surface area (TPSA) is 86.0 Å².